The van der Waals surface area contributed by atoms with Crippen LogP contribution in [0, 0.1) is 5.82 Å². The Morgan fingerprint density at radius 2 is 2.29 bits per heavy atom. The Labute approximate surface area is 91.8 Å². The molecule has 1 aliphatic rings. The van der Waals surface area contributed by atoms with Crippen LogP contribution in [0.4, 0.5) is 4.39 Å². The van der Waals surface area contributed by atoms with Gasteiger partial charge in [0, 0.05) is 11.0 Å². The Kier molecular flexibility index (Phi) is 3.19. The second-order valence-corrected chi connectivity index (χ2v) is 4.62. The standard InChI is InChI=1S/C11H13BrFN/c12-9-3-4-11(13)10(6-9)8-2-1-5-14-7-8/h3-4,6,8,14H,1-2,5,7H2/t8-/m0/s1. The van der Waals surface area contributed by atoms with Gasteiger partial charge in [-0.15, -0.1) is 0 Å². The molecule has 0 aliphatic carbocycles. The van der Waals surface area contributed by atoms with Crippen molar-refractivity contribution < 1.29 is 4.39 Å². The van der Waals surface area contributed by atoms with Gasteiger partial charge in [0.2, 0.25) is 0 Å². The monoisotopic (exact) mass is 257 g/mol. The lowest BCUT2D eigenvalue weighted by molar-refractivity contribution is 0.446. The summed E-state index contributed by atoms with van der Waals surface area (Å²) in [5.41, 5.74) is 0.839. The van der Waals surface area contributed by atoms with Crippen LogP contribution < -0.4 is 5.32 Å². The minimum atomic E-state index is -0.0816. The van der Waals surface area contributed by atoms with Crippen LogP contribution in [0.1, 0.15) is 24.3 Å². The molecule has 2 rings (SSSR count). The van der Waals surface area contributed by atoms with Crippen LogP contribution in [-0.2, 0) is 0 Å². The van der Waals surface area contributed by atoms with Crippen LogP contribution in [-0.4, -0.2) is 13.1 Å². The summed E-state index contributed by atoms with van der Waals surface area (Å²) >= 11 is 3.38. The summed E-state index contributed by atoms with van der Waals surface area (Å²) in [5.74, 6) is 0.253. The van der Waals surface area contributed by atoms with E-state index in [-0.39, 0.29) is 5.82 Å². The highest BCUT2D eigenvalue weighted by atomic mass is 79.9. The van der Waals surface area contributed by atoms with Gasteiger partial charge in [0.1, 0.15) is 5.82 Å². The van der Waals surface area contributed by atoms with Crippen molar-refractivity contribution in [2.24, 2.45) is 0 Å². The van der Waals surface area contributed by atoms with E-state index < -0.39 is 0 Å². The molecule has 1 aromatic rings. The molecule has 0 amide bonds. The average Bonchev–Trinajstić information content (AvgIpc) is 2.23. The lowest BCUT2D eigenvalue weighted by Gasteiger charge is -2.23. The summed E-state index contributed by atoms with van der Waals surface area (Å²) < 4.78 is 14.5. The van der Waals surface area contributed by atoms with Crippen molar-refractivity contribution in [3.05, 3.63) is 34.1 Å². The molecule has 1 atom stereocenters. The number of piperidine rings is 1. The molecular formula is C11H13BrFN. The summed E-state index contributed by atoms with van der Waals surface area (Å²) in [6, 6.07) is 5.18. The Bertz CT molecular complexity index is 321. The van der Waals surface area contributed by atoms with Gasteiger partial charge in [0.25, 0.3) is 0 Å². The van der Waals surface area contributed by atoms with Crippen molar-refractivity contribution in [2.45, 2.75) is 18.8 Å². The zero-order chi connectivity index (χ0) is 9.97. The molecule has 1 saturated heterocycles. The zero-order valence-electron chi connectivity index (χ0n) is 7.89. The fourth-order valence-electron chi connectivity index (χ4n) is 1.94. The van der Waals surface area contributed by atoms with Gasteiger partial charge in [-0.1, -0.05) is 15.9 Å². The van der Waals surface area contributed by atoms with Gasteiger partial charge in [0.15, 0.2) is 0 Å². The maximum absolute atomic E-state index is 13.5. The maximum Gasteiger partial charge on any atom is 0.126 e. The van der Waals surface area contributed by atoms with Crippen molar-refractivity contribution in [1.29, 1.82) is 0 Å². The van der Waals surface area contributed by atoms with Crippen LogP contribution in [0.25, 0.3) is 0 Å². The third kappa shape index (κ3) is 2.15. The van der Waals surface area contributed by atoms with Crippen molar-refractivity contribution in [2.75, 3.05) is 13.1 Å². The van der Waals surface area contributed by atoms with E-state index in [2.05, 4.69) is 21.2 Å². The predicted molar refractivity (Wildman–Crippen MR) is 58.9 cm³/mol. The van der Waals surface area contributed by atoms with E-state index in [1.165, 1.54) is 6.07 Å². The first-order valence-electron chi connectivity index (χ1n) is 4.93. The molecule has 76 valence electrons. The van der Waals surface area contributed by atoms with Gasteiger partial charge >= 0.3 is 0 Å². The molecule has 0 aromatic heterocycles. The number of nitrogens with one attached hydrogen (secondary N) is 1. The Balaban J connectivity index is 2.24. The zero-order valence-corrected chi connectivity index (χ0v) is 9.48. The quantitative estimate of drug-likeness (QED) is 0.816. The third-order valence-corrected chi connectivity index (χ3v) is 3.19. The normalized spacial score (nSPS) is 22.3. The molecule has 1 N–H and O–H groups in total. The van der Waals surface area contributed by atoms with Gasteiger partial charge in [-0.2, -0.15) is 0 Å². The first-order valence-corrected chi connectivity index (χ1v) is 5.72. The Morgan fingerprint density at radius 3 is 3.00 bits per heavy atom. The van der Waals surface area contributed by atoms with E-state index in [9.17, 15) is 4.39 Å². The molecule has 0 radical (unpaired) electrons. The van der Waals surface area contributed by atoms with E-state index >= 15 is 0 Å². The SMILES string of the molecule is Fc1ccc(Br)cc1[C@H]1CCCNC1. The molecule has 14 heavy (non-hydrogen) atoms. The molecule has 0 saturated carbocycles. The molecule has 1 aromatic carbocycles. The molecule has 1 nitrogen and oxygen atoms in total. The molecule has 1 aliphatic heterocycles. The van der Waals surface area contributed by atoms with Crippen molar-refractivity contribution in [1.82, 2.24) is 5.32 Å². The molecule has 0 unspecified atom stereocenters. The molecule has 0 bridgehead atoms. The average molecular weight is 258 g/mol. The number of halogens is 2. The van der Waals surface area contributed by atoms with Gasteiger partial charge in [0.05, 0.1) is 0 Å². The fourth-order valence-corrected chi connectivity index (χ4v) is 2.32. The summed E-state index contributed by atoms with van der Waals surface area (Å²) in [6.45, 7) is 1.96. The second kappa shape index (κ2) is 4.41. The van der Waals surface area contributed by atoms with Crippen LogP contribution >= 0.6 is 15.9 Å². The number of benzene rings is 1. The van der Waals surface area contributed by atoms with E-state index in [4.69, 9.17) is 0 Å². The highest BCUT2D eigenvalue weighted by Crippen LogP contribution is 2.27. The van der Waals surface area contributed by atoms with Crippen molar-refractivity contribution >= 4 is 15.9 Å². The number of rotatable bonds is 1. The van der Waals surface area contributed by atoms with Crippen molar-refractivity contribution in [3.8, 4) is 0 Å². The van der Waals surface area contributed by atoms with Gasteiger partial charge in [-0.25, -0.2) is 4.39 Å². The highest BCUT2D eigenvalue weighted by molar-refractivity contribution is 9.10. The summed E-state index contributed by atoms with van der Waals surface area (Å²) in [6.07, 6.45) is 2.22. The molecule has 1 fully saturated rings. The number of hydrogen-bond acceptors (Lipinski definition) is 1. The molecular weight excluding hydrogens is 245 g/mol. The third-order valence-electron chi connectivity index (χ3n) is 2.69. The summed E-state index contributed by atoms with van der Waals surface area (Å²) in [5, 5.41) is 3.30. The van der Waals surface area contributed by atoms with Crippen LogP contribution in [0.15, 0.2) is 22.7 Å². The summed E-state index contributed by atoms with van der Waals surface area (Å²) in [4.78, 5) is 0. The molecule has 0 spiro atoms. The van der Waals surface area contributed by atoms with E-state index in [0.717, 1.165) is 36.0 Å². The largest absolute Gasteiger partial charge is 0.316 e. The Hall–Kier alpha value is -0.410. The van der Waals surface area contributed by atoms with Crippen molar-refractivity contribution in [3.63, 3.8) is 0 Å². The van der Waals surface area contributed by atoms with E-state index in [1.54, 1.807) is 6.07 Å². The minimum absolute atomic E-state index is 0.0816. The molecule has 3 heteroatoms. The van der Waals surface area contributed by atoms with Crippen LogP contribution in [0.5, 0.6) is 0 Å². The lowest BCUT2D eigenvalue weighted by Crippen LogP contribution is -2.28. The smallest absolute Gasteiger partial charge is 0.126 e. The van der Waals surface area contributed by atoms with Gasteiger partial charge in [-0.05, 0) is 49.1 Å². The van der Waals surface area contributed by atoms with Gasteiger partial charge in [-0.3, -0.25) is 0 Å². The van der Waals surface area contributed by atoms with Crippen LogP contribution in [0.3, 0.4) is 0 Å². The molecule has 1 heterocycles. The fraction of sp³-hybridized carbons (Fsp3) is 0.455. The second-order valence-electron chi connectivity index (χ2n) is 3.71. The highest BCUT2D eigenvalue weighted by Gasteiger charge is 2.18. The lowest BCUT2D eigenvalue weighted by atomic mass is 9.91. The first-order chi connectivity index (χ1) is 6.77. The maximum atomic E-state index is 13.5. The predicted octanol–water partition coefficient (Wildman–Crippen LogP) is 3.06. The number of hydrogen-bond donors (Lipinski definition) is 1. The van der Waals surface area contributed by atoms with E-state index in [1.807, 2.05) is 6.07 Å². The summed E-state index contributed by atoms with van der Waals surface area (Å²) in [7, 11) is 0. The Morgan fingerprint density at radius 1 is 1.43 bits per heavy atom. The van der Waals surface area contributed by atoms with Crippen LogP contribution in [0.2, 0.25) is 0 Å². The topological polar surface area (TPSA) is 12.0 Å². The minimum Gasteiger partial charge on any atom is -0.316 e. The first kappa shape index (κ1) is 10.1. The van der Waals surface area contributed by atoms with Gasteiger partial charge < -0.3 is 5.32 Å². The van der Waals surface area contributed by atoms with E-state index in [0.29, 0.717) is 5.92 Å².